The molecule has 0 saturated carbocycles. The minimum Gasteiger partial charge on any atom is -0.493 e. The van der Waals surface area contributed by atoms with E-state index < -0.39 is 0 Å². The fraction of sp³-hybridized carbons (Fsp3) is 0.333. The minimum absolute atomic E-state index is 0.102. The van der Waals surface area contributed by atoms with Crippen LogP contribution in [0.1, 0.15) is 37.0 Å². The molecule has 0 spiro atoms. The van der Waals surface area contributed by atoms with Crippen molar-refractivity contribution in [2.75, 3.05) is 25.2 Å². The van der Waals surface area contributed by atoms with Gasteiger partial charge in [-0.05, 0) is 43.7 Å². The number of carbonyl (C=O) groups excluding carboxylic acids is 1. The van der Waals surface area contributed by atoms with Crippen LogP contribution in [0.2, 0.25) is 0 Å². The minimum atomic E-state index is -0.102. The molecular formula is C21H24N2O3S. The molecule has 2 aromatic carbocycles. The number of hydrogen-bond acceptors (Lipinski definition) is 5. The molecule has 0 N–H and O–H groups in total. The van der Waals surface area contributed by atoms with Crippen molar-refractivity contribution in [1.29, 1.82) is 0 Å². The molecular weight excluding hydrogens is 360 g/mol. The van der Waals surface area contributed by atoms with Gasteiger partial charge in [0.2, 0.25) is 0 Å². The summed E-state index contributed by atoms with van der Waals surface area (Å²) in [4.78, 5) is 19.4. The zero-order chi connectivity index (χ0) is 19.2. The second kappa shape index (κ2) is 8.86. The fourth-order valence-electron chi connectivity index (χ4n) is 2.74. The predicted molar refractivity (Wildman–Crippen MR) is 110 cm³/mol. The Morgan fingerprint density at radius 2 is 1.96 bits per heavy atom. The fourth-order valence-corrected chi connectivity index (χ4v) is 3.77. The van der Waals surface area contributed by atoms with Crippen LogP contribution >= 0.6 is 11.3 Å². The molecule has 0 bridgehead atoms. The average molecular weight is 385 g/mol. The van der Waals surface area contributed by atoms with Gasteiger partial charge in [0.05, 0.1) is 23.9 Å². The number of ether oxygens (including phenoxy) is 2. The van der Waals surface area contributed by atoms with Crippen molar-refractivity contribution in [2.45, 2.75) is 26.7 Å². The highest BCUT2D eigenvalue weighted by Crippen LogP contribution is 2.32. The van der Waals surface area contributed by atoms with E-state index in [4.69, 9.17) is 9.47 Å². The Balaban J connectivity index is 1.86. The summed E-state index contributed by atoms with van der Waals surface area (Å²) in [5.74, 6) is 1.12. The summed E-state index contributed by atoms with van der Waals surface area (Å²) >= 11 is 1.52. The van der Waals surface area contributed by atoms with Crippen molar-refractivity contribution in [1.82, 2.24) is 4.98 Å². The molecule has 0 atom stereocenters. The number of rotatable bonds is 8. The zero-order valence-corrected chi connectivity index (χ0v) is 16.7. The number of para-hydroxylation sites is 1. The van der Waals surface area contributed by atoms with E-state index in [-0.39, 0.29) is 5.91 Å². The molecule has 0 aliphatic rings. The number of thiazole rings is 1. The second-order valence-corrected chi connectivity index (χ2v) is 7.09. The number of benzene rings is 2. The van der Waals surface area contributed by atoms with Gasteiger partial charge in [0.15, 0.2) is 16.6 Å². The lowest BCUT2D eigenvalue weighted by Gasteiger charge is -2.18. The first-order valence-corrected chi connectivity index (χ1v) is 9.97. The summed E-state index contributed by atoms with van der Waals surface area (Å²) in [6.07, 6.45) is 2.04. The van der Waals surface area contributed by atoms with Crippen LogP contribution in [0.3, 0.4) is 0 Å². The number of anilines is 1. The van der Waals surface area contributed by atoms with Crippen LogP contribution in [0.4, 0.5) is 5.13 Å². The molecule has 1 aromatic heterocycles. The maximum absolute atomic E-state index is 13.1. The standard InChI is InChI=1S/C21H24N2O3S/c1-4-6-13-26-17-12-11-15(14-18(17)25-3)20(24)23(5-2)21-22-16-9-7-8-10-19(16)27-21/h7-12,14H,4-6,13H2,1-3H3. The first kappa shape index (κ1) is 19.2. The molecule has 1 heterocycles. The van der Waals surface area contributed by atoms with E-state index in [1.807, 2.05) is 31.2 Å². The molecule has 0 aliphatic heterocycles. The van der Waals surface area contributed by atoms with Crippen LogP contribution in [-0.4, -0.2) is 31.2 Å². The van der Waals surface area contributed by atoms with Gasteiger partial charge in [-0.1, -0.05) is 36.8 Å². The first-order chi connectivity index (χ1) is 13.2. The van der Waals surface area contributed by atoms with Crippen LogP contribution in [0.5, 0.6) is 11.5 Å². The Hall–Kier alpha value is -2.60. The molecule has 6 heteroatoms. The largest absolute Gasteiger partial charge is 0.493 e. The number of amides is 1. The van der Waals surface area contributed by atoms with Crippen molar-refractivity contribution in [3.63, 3.8) is 0 Å². The van der Waals surface area contributed by atoms with E-state index in [0.717, 1.165) is 23.1 Å². The third kappa shape index (κ3) is 4.22. The summed E-state index contributed by atoms with van der Waals surface area (Å²) in [7, 11) is 1.58. The number of unbranched alkanes of at least 4 members (excludes halogenated alkanes) is 1. The third-order valence-corrected chi connectivity index (χ3v) is 5.30. The van der Waals surface area contributed by atoms with Crippen molar-refractivity contribution in [3.8, 4) is 11.5 Å². The third-order valence-electron chi connectivity index (χ3n) is 4.24. The summed E-state index contributed by atoms with van der Waals surface area (Å²) in [5, 5.41) is 0.700. The van der Waals surface area contributed by atoms with Crippen molar-refractivity contribution in [3.05, 3.63) is 48.0 Å². The van der Waals surface area contributed by atoms with Gasteiger partial charge in [-0.25, -0.2) is 4.98 Å². The van der Waals surface area contributed by atoms with Gasteiger partial charge in [0, 0.05) is 12.1 Å². The number of methoxy groups -OCH3 is 1. The summed E-state index contributed by atoms with van der Waals surface area (Å²) < 4.78 is 12.2. The average Bonchev–Trinajstić information content (AvgIpc) is 3.12. The molecule has 3 aromatic rings. The number of nitrogens with zero attached hydrogens (tertiary/aromatic N) is 2. The Kier molecular flexibility index (Phi) is 6.29. The Morgan fingerprint density at radius 3 is 2.67 bits per heavy atom. The molecule has 0 radical (unpaired) electrons. The van der Waals surface area contributed by atoms with E-state index in [0.29, 0.717) is 35.3 Å². The number of carbonyl (C=O) groups is 1. The molecule has 3 rings (SSSR count). The topological polar surface area (TPSA) is 51.7 Å². The maximum Gasteiger partial charge on any atom is 0.260 e. The molecule has 0 saturated heterocycles. The second-order valence-electron chi connectivity index (χ2n) is 6.08. The predicted octanol–water partition coefficient (Wildman–Crippen LogP) is 5.15. The van der Waals surface area contributed by atoms with Gasteiger partial charge in [-0.2, -0.15) is 0 Å². The lowest BCUT2D eigenvalue weighted by Crippen LogP contribution is -2.30. The van der Waals surface area contributed by atoms with Crippen LogP contribution in [0.15, 0.2) is 42.5 Å². The number of fused-ring (bicyclic) bond motifs is 1. The molecule has 1 amide bonds. The van der Waals surface area contributed by atoms with Gasteiger partial charge in [-0.15, -0.1) is 0 Å². The van der Waals surface area contributed by atoms with Gasteiger partial charge in [-0.3, -0.25) is 9.69 Å². The van der Waals surface area contributed by atoms with E-state index in [2.05, 4.69) is 11.9 Å². The normalized spacial score (nSPS) is 10.8. The maximum atomic E-state index is 13.1. The molecule has 0 fully saturated rings. The van der Waals surface area contributed by atoms with Crippen molar-refractivity contribution in [2.24, 2.45) is 0 Å². The summed E-state index contributed by atoms with van der Waals surface area (Å²) in [6.45, 7) is 5.23. The van der Waals surface area contributed by atoms with E-state index in [9.17, 15) is 4.79 Å². The number of aromatic nitrogens is 1. The monoisotopic (exact) mass is 384 g/mol. The van der Waals surface area contributed by atoms with Gasteiger partial charge < -0.3 is 9.47 Å². The highest BCUT2D eigenvalue weighted by atomic mass is 32.1. The van der Waals surface area contributed by atoms with Crippen molar-refractivity contribution < 1.29 is 14.3 Å². The zero-order valence-electron chi connectivity index (χ0n) is 15.9. The van der Waals surface area contributed by atoms with Crippen LogP contribution in [0.25, 0.3) is 10.2 Å². The van der Waals surface area contributed by atoms with Crippen LogP contribution in [0, 0.1) is 0 Å². The van der Waals surface area contributed by atoms with Gasteiger partial charge >= 0.3 is 0 Å². The molecule has 0 aliphatic carbocycles. The quantitative estimate of drug-likeness (QED) is 0.504. The Labute approximate surface area is 163 Å². The number of hydrogen-bond donors (Lipinski definition) is 0. The lowest BCUT2D eigenvalue weighted by molar-refractivity contribution is 0.0988. The summed E-state index contributed by atoms with van der Waals surface area (Å²) in [5.41, 5.74) is 1.46. The van der Waals surface area contributed by atoms with Crippen LogP contribution in [-0.2, 0) is 0 Å². The first-order valence-electron chi connectivity index (χ1n) is 9.16. The lowest BCUT2D eigenvalue weighted by atomic mass is 10.1. The molecule has 142 valence electrons. The van der Waals surface area contributed by atoms with Crippen LogP contribution < -0.4 is 14.4 Å². The van der Waals surface area contributed by atoms with Crippen molar-refractivity contribution >= 4 is 32.6 Å². The molecule has 5 nitrogen and oxygen atoms in total. The molecule has 0 unspecified atom stereocenters. The van der Waals surface area contributed by atoms with E-state index >= 15 is 0 Å². The summed E-state index contributed by atoms with van der Waals surface area (Å²) in [6, 6.07) is 13.2. The van der Waals surface area contributed by atoms with E-state index in [1.54, 1.807) is 30.2 Å². The highest BCUT2D eigenvalue weighted by Gasteiger charge is 2.21. The van der Waals surface area contributed by atoms with Gasteiger partial charge in [0.25, 0.3) is 5.91 Å². The Morgan fingerprint density at radius 1 is 1.15 bits per heavy atom. The SMILES string of the molecule is CCCCOc1ccc(C(=O)N(CC)c2nc3ccccc3s2)cc1OC. The van der Waals surface area contributed by atoms with Gasteiger partial charge in [0.1, 0.15) is 0 Å². The highest BCUT2D eigenvalue weighted by molar-refractivity contribution is 7.22. The smallest absolute Gasteiger partial charge is 0.260 e. The Bertz CT molecular complexity index is 890. The molecule has 27 heavy (non-hydrogen) atoms. The van der Waals surface area contributed by atoms with E-state index in [1.165, 1.54) is 11.3 Å².